The average Bonchev–Trinajstić information content (AvgIpc) is 3.05. The third-order valence-electron chi connectivity index (χ3n) is 4.71. The number of nitrogens with one attached hydrogen (secondary N) is 1. The second-order valence-electron chi connectivity index (χ2n) is 6.56. The van der Waals surface area contributed by atoms with Crippen molar-refractivity contribution in [2.45, 2.75) is 25.7 Å². The van der Waals surface area contributed by atoms with Crippen molar-refractivity contribution in [1.29, 1.82) is 0 Å². The van der Waals surface area contributed by atoms with Crippen LogP contribution in [0.15, 0.2) is 47.0 Å². The molecule has 2 heterocycles. The van der Waals surface area contributed by atoms with Gasteiger partial charge in [0.15, 0.2) is 5.58 Å². The number of para-hydroxylation sites is 1. The molecule has 0 spiro atoms. The second kappa shape index (κ2) is 7.38. The molecule has 1 N–H and O–H groups in total. The number of piperidine rings is 1. The van der Waals surface area contributed by atoms with Crippen molar-refractivity contribution in [2.75, 3.05) is 23.3 Å². The molecule has 1 amide bonds. The molecule has 1 aliphatic rings. The molecule has 2 aromatic carbocycles. The number of anilines is 2. The predicted molar refractivity (Wildman–Crippen MR) is 104 cm³/mol. The van der Waals surface area contributed by atoms with Crippen molar-refractivity contribution < 1.29 is 9.32 Å². The summed E-state index contributed by atoms with van der Waals surface area (Å²) in [5.74, 6) is -0.135. The minimum absolute atomic E-state index is 0.135. The molecule has 0 radical (unpaired) electrons. The van der Waals surface area contributed by atoms with Gasteiger partial charge in [0, 0.05) is 23.5 Å². The van der Waals surface area contributed by atoms with E-state index in [-0.39, 0.29) is 12.3 Å². The summed E-state index contributed by atoms with van der Waals surface area (Å²) in [6.45, 7) is 2.00. The normalized spacial score (nSPS) is 14.6. The Kier molecular flexibility index (Phi) is 4.80. The van der Waals surface area contributed by atoms with E-state index in [1.807, 2.05) is 42.5 Å². The van der Waals surface area contributed by atoms with Crippen LogP contribution in [-0.2, 0) is 11.2 Å². The van der Waals surface area contributed by atoms with E-state index >= 15 is 0 Å². The fourth-order valence-corrected chi connectivity index (χ4v) is 3.60. The van der Waals surface area contributed by atoms with Crippen LogP contribution in [0.3, 0.4) is 0 Å². The molecule has 3 aromatic rings. The maximum absolute atomic E-state index is 12.6. The van der Waals surface area contributed by atoms with Gasteiger partial charge in [-0.2, -0.15) is 0 Å². The van der Waals surface area contributed by atoms with E-state index in [1.54, 1.807) is 0 Å². The number of halogens is 1. The third-order valence-corrected chi connectivity index (χ3v) is 4.94. The number of hydrogen-bond acceptors (Lipinski definition) is 4. The van der Waals surface area contributed by atoms with Gasteiger partial charge in [-0.05, 0) is 49.6 Å². The topological polar surface area (TPSA) is 58.4 Å². The first kappa shape index (κ1) is 16.9. The predicted octanol–water partition coefficient (Wildman–Crippen LogP) is 4.65. The van der Waals surface area contributed by atoms with Crippen LogP contribution in [0.1, 0.15) is 25.0 Å². The maximum atomic E-state index is 12.6. The Morgan fingerprint density at radius 3 is 2.81 bits per heavy atom. The molecule has 0 aliphatic carbocycles. The highest BCUT2D eigenvalue weighted by molar-refractivity contribution is 6.31. The molecule has 1 aromatic heterocycles. The molecule has 1 aliphatic heterocycles. The lowest BCUT2D eigenvalue weighted by atomic mass is 10.1. The zero-order valence-electron chi connectivity index (χ0n) is 14.4. The number of nitrogens with zero attached hydrogens (tertiary/aromatic N) is 2. The Labute approximate surface area is 156 Å². The Bertz CT molecular complexity index is 932. The van der Waals surface area contributed by atoms with E-state index in [9.17, 15) is 4.79 Å². The smallest absolute Gasteiger partial charge is 0.230 e. The lowest BCUT2D eigenvalue weighted by Crippen LogP contribution is -2.30. The number of benzene rings is 2. The van der Waals surface area contributed by atoms with Gasteiger partial charge >= 0.3 is 0 Å². The van der Waals surface area contributed by atoms with Gasteiger partial charge in [-0.3, -0.25) is 4.79 Å². The zero-order chi connectivity index (χ0) is 17.9. The Hall–Kier alpha value is -2.53. The zero-order valence-corrected chi connectivity index (χ0v) is 15.1. The average molecular weight is 370 g/mol. The maximum Gasteiger partial charge on any atom is 0.230 e. The Morgan fingerprint density at radius 2 is 1.96 bits per heavy atom. The summed E-state index contributed by atoms with van der Waals surface area (Å²) in [4.78, 5) is 14.9. The Balaban J connectivity index is 1.54. The number of hydrogen-bond donors (Lipinski definition) is 1. The fraction of sp³-hybridized carbons (Fsp3) is 0.300. The van der Waals surface area contributed by atoms with Crippen molar-refractivity contribution >= 4 is 39.9 Å². The number of rotatable bonds is 4. The van der Waals surface area contributed by atoms with Crippen molar-refractivity contribution in [1.82, 2.24) is 5.16 Å². The van der Waals surface area contributed by atoms with Crippen molar-refractivity contribution in [2.24, 2.45) is 0 Å². The fourth-order valence-electron chi connectivity index (χ4n) is 3.43. The van der Waals surface area contributed by atoms with Crippen LogP contribution in [0.4, 0.5) is 11.4 Å². The summed E-state index contributed by atoms with van der Waals surface area (Å²) < 4.78 is 5.28. The number of aromatic nitrogens is 1. The van der Waals surface area contributed by atoms with Crippen LogP contribution >= 0.6 is 11.6 Å². The van der Waals surface area contributed by atoms with E-state index in [4.69, 9.17) is 16.1 Å². The monoisotopic (exact) mass is 369 g/mol. The van der Waals surface area contributed by atoms with Crippen LogP contribution < -0.4 is 10.2 Å². The van der Waals surface area contributed by atoms with Gasteiger partial charge in [-0.1, -0.05) is 28.9 Å². The molecule has 0 saturated carbocycles. The number of fused-ring (bicyclic) bond motifs is 1. The van der Waals surface area contributed by atoms with Crippen LogP contribution in [0.2, 0.25) is 5.02 Å². The SMILES string of the molecule is O=C(Cc1noc2ccccc12)Nc1cc(Cl)ccc1N1CCCCC1. The van der Waals surface area contributed by atoms with Gasteiger partial charge in [0.05, 0.1) is 17.8 Å². The van der Waals surface area contributed by atoms with E-state index in [2.05, 4.69) is 15.4 Å². The lowest BCUT2D eigenvalue weighted by molar-refractivity contribution is -0.115. The van der Waals surface area contributed by atoms with Gasteiger partial charge < -0.3 is 14.7 Å². The highest BCUT2D eigenvalue weighted by Gasteiger charge is 2.18. The molecule has 4 rings (SSSR count). The minimum Gasteiger partial charge on any atom is -0.370 e. The Morgan fingerprint density at radius 1 is 1.15 bits per heavy atom. The quantitative estimate of drug-likeness (QED) is 0.727. The molecule has 0 atom stereocenters. The van der Waals surface area contributed by atoms with E-state index in [0.717, 1.165) is 29.9 Å². The lowest BCUT2D eigenvalue weighted by Gasteiger charge is -2.30. The molecule has 1 fully saturated rings. The van der Waals surface area contributed by atoms with Crippen LogP contribution in [0.25, 0.3) is 11.0 Å². The van der Waals surface area contributed by atoms with Gasteiger partial charge in [0.25, 0.3) is 0 Å². The molecule has 0 unspecified atom stereocenters. The van der Waals surface area contributed by atoms with Crippen LogP contribution in [0.5, 0.6) is 0 Å². The van der Waals surface area contributed by atoms with Gasteiger partial charge in [-0.15, -0.1) is 0 Å². The number of amides is 1. The molecule has 5 nitrogen and oxygen atoms in total. The summed E-state index contributed by atoms with van der Waals surface area (Å²) in [5, 5.41) is 8.51. The van der Waals surface area contributed by atoms with Gasteiger partial charge in [0.2, 0.25) is 5.91 Å². The van der Waals surface area contributed by atoms with Crippen LogP contribution in [-0.4, -0.2) is 24.2 Å². The van der Waals surface area contributed by atoms with Gasteiger partial charge in [0.1, 0.15) is 5.69 Å². The highest BCUT2D eigenvalue weighted by atomic mass is 35.5. The number of carbonyl (C=O) groups excluding carboxylic acids is 1. The van der Waals surface area contributed by atoms with Crippen molar-refractivity contribution in [3.8, 4) is 0 Å². The largest absolute Gasteiger partial charge is 0.370 e. The summed E-state index contributed by atoms with van der Waals surface area (Å²) in [5.41, 5.74) is 3.09. The standard InChI is InChI=1S/C20H20ClN3O2/c21-14-8-9-18(24-10-4-1-5-11-24)17(12-14)22-20(25)13-16-15-6-2-3-7-19(15)26-23-16/h2-3,6-9,12H,1,4-5,10-11,13H2,(H,22,25). The van der Waals surface area contributed by atoms with Crippen molar-refractivity contribution in [3.05, 3.63) is 53.2 Å². The first-order chi connectivity index (χ1) is 12.7. The number of carbonyl (C=O) groups is 1. The summed E-state index contributed by atoms with van der Waals surface area (Å²) in [6.07, 6.45) is 3.75. The first-order valence-corrected chi connectivity index (χ1v) is 9.26. The minimum atomic E-state index is -0.135. The molecular weight excluding hydrogens is 350 g/mol. The first-order valence-electron chi connectivity index (χ1n) is 8.88. The summed E-state index contributed by atoms with van der Waals surface area (Å²) in [6, 6.07) is 13.2. The third kappa shape index (κ3) is 3.53. The van der Waals surface area contributed by atoms with E-state index in [1.165, 1.54) is 19.3 Å². The molecular formula is C20H20ClN3O2. The summed E-state index contributed by atoms with van der Waals surface area (Å²) in [7, 11) is 0. The van der Waals surface area contributed by atoms with E-state index < -0.39 is 0 Å². The molecule has 0 bridgehead atoms. The van der Waals surface area contributed by atoms with E-state index in [0.29, 0.717) is 16.3 Å². The van der Waals surface area contributed by atoms with Gasteiger partial charge in [-0.25, -0.2) is 0 Å². The van der Waals surface area contributed by atoms with Crippen LogP contribution in [0, 0.1) is 0 Å². The second-order valence-corrected chi connectivity index (χ2v) is 7.00. The molecule has 134 valence electrons. The molecule has 26 heavy (non-hydrogen) atoms. The molecule has 1 saturated heterocycles. The molecule has 6 heteroatoms. The van der Waals surface area contributed by atoms with Crippen molar-refractivity contribution in [3.63, 3.8) is 0 Å². The highest BCUT2D eigenvalue weighted by Crippen LogP contribution is 2.31. The summed E-state index contributed by atoms with van der Waals surface area (Å²) >= 11 is 6.16.